The number of carbonyl (C=O) groups is 2. The highest BCUT2D eigenvalue weighted by Gasteiger charge is 2.07. The Bertz CT molecular complexity index is 595. The van der Waals surface area contributed by atoms with Gasteiger partial charge in [-0.05, 0) is 12.1 Å². The van der Waals surface area contributed by atoms with Crippen molar-refractivity contribution in [1.82, 2.24) is 9.78 Å². The van der Waals surface area contributed by atoms with Gasteiger partial charge in [0.1, 0.15) is 12.3 Å². The molecule has 1 aromatic heterocycles. The average molecular weight is 275 g/mol. The van der Waals surface area contributed by atoms with Gasteiger partial charge in [-0.15, -0.1) is 0 Å². The number of benzene rings is 1. The lowest BCUT2D eigenvalue weighted by Gasteiger charge is -2.05. The maximum Gasteiger partial charge on any atom is 0.325 e. The summed E-state index contributed by atoms with van der Waals surface area (Å²) in [4.78, 5) is 22.1. The molecule has 1 aromatic carbocycles. The second-order valence-electron chi connectivity index (χ2n) is 3.97. The lowest BCUT2D eigenvalue weighted by Crippen LogP contribution is -2.19. The number of anilines is 1. The Balaban J connectivity index is 1.82. The van der Waals surface area contributed by atoms with Crippen molar-refractivity contribution in [2.24, 2.45) is 0 Å². The number of para-hydroxylation sites is 1. The fraction of sp³-hybridized carbons (Fsp3) is 0.154. The van der Waals surface area contributed by atoms with Crippen LogP contribution >= 0.6 is 0 Å². The summed E-state index contributed by atoms with van der Waals surface area (Å²) in [6.45, 7) is -0.384. The molecule has 0 atom stereocenters. The van der Waals surface area contributed by atoms with Crippen molar-refractivity contribution >= 4 is 17.6 Å². The van der Waals surface area contributed by atoms with E-state index in [-0.39, 0.29) is 19.1 Å². The number of nitrogens with zero attached hydrogens (tertiary/aromatic N) is 2. The molecule has 2 N–H and O–H groups in total. The van der Waals surface area contributed by atoms with E-state index in [2.05, 4.69) is 10.4 Å². The van der Waals surface area contributed by atoms with Crippen LogP contribution in [0.3, 0.4) is 0 Å². The number of amides is 1. The molecule has 2 aromatic rings. The minimum atomic E-state index is -1.00. The van der Waals surface area contributed by atoms with Crippen LogP contribution < -0.4 is 10.1 Å². The monoisotopic (exact) mass is 275 g/mol. The highest BCUT2D eigenvalue weighted by Crippen LogP contribution is 2.09. The zero-order chi connectivity index (χ0) is 14.4. The number of hydrogen-bond acceptors (Lipinski definition) is 4. The zero-order valence-corrected chi connectivity index (χ0v) is 10.5. The van der Waals surface area contributed by atoms with Gasteiger partial charge in [0.15, 0.2) is 6.61 Å². The van der Waals surface area contributed by atoms with Gasteiger partial charge >= 0.3 is 5.97 Å². The van der Waals surface area contributed by atoms with Gasteiger partial charge < -0.3 is 15.2 Å². The van der Waals surface area contributed by atoms with Crippen LogP contribution in [0.15, 0.2) is 42.7 Å². The molecule has 0 aliphatic heterocycles. The molecule has 7 heteroatoms. The van der Waals surface area contributed by atoms with E-state index in [0.717, 1.165) is 0 Å². The van der Waals surface area contributed by atoms with E-state index in [1.165, 1.54) is 17.1 Å². The van der Waals surface area contributed by atoms with Crippen LogP contribution in [0.1, 0.15) is 0 Å². The third kappa shape index (κ3) is 4.13. The predicted molar refractivity (Wildman–Crippen MR) is 70.4 cm³/mol. The molecular weight excluding hydrogens is 262 g/mol. The highest BCUT2D eigenvalue weighted by molar-refractivity contribution is 5.91. The summed E-state index contributed by atoms with van der Waals surface area (Å²) in [5.74, 6) is -0.744. The van der Waals surface area contributed by atoms with Gasteiger partial charge in [0.2, 0.25) is 0 Å². The van der Waals surface area contributed by atoms with E-state index in [1.54, 1.807) is 12.1 Å². The van der Waals surface area contributed by atoms with Gasteiger partial charge in [-0.25, -0.2) is 0 Å². The van der Waals surface area contributed by atoms with Gasteiger partial charge in [0.05, 0.1) is 11.9 Å². The first-order valence-electron chi connectivity index (χ1n) is 5.85. The Morgan fingerprint density at radius 3 is 2.75 bits per heavy atom. The molecule has 1 amide bonds. The van der Waals surface area contributed by atoms with Crippen LogP contribution in [0.2, 0.25) is 0 Å². The van der Waals surface area contributed by atoms with Crippen LogP contribution in [-0.2, 0) is 16.1 Å². The molecule has 2 rings (SSSR count). The molecule has 0 aliphatic carbocycles. The molecule has 0 aliphatic rings. The summed E-state index contributed by atoms with van der Waals surface area (Å²) < 4.78 is 6.50. The first-order chi connectivity index (χ1) is 9.63. The molecule has 0 radical (unpaired) electrons. The summed E-state index contributed by atoms with van der Waals surface area (Å²) in [5.41, 5.74) is 0.424. The Labute approximate surface area is 114 Å². The number of aromatic nitrogens is 2. The van der Waals surface area contributed by atoms with Crippen molar-refractivity contribution in [1.29, 1.82) is 0 Å². The van der Waals surface area contributed by atoms with E-state index in [4.69, 9.17) is 9.84 Å². The predicted octanol–water partition coefficient (Wildman–Crippen LogP) is 0.985. The van der Waals surface area contributed by atoms with Crippen molar-refractivity contribution in [3.05, 3.63) is 42.7 Å². The Hall–Kier alpha value is -2.83. The first kappa shape index (κ1) is 13.6. The second kappa shape index (κ2) is 6.37. The average Bonchev–Trinajstić information content (AvgIpc) is 2.84. The lowest BCUT2D eigenvalue weighted by atomic mass is 10.3. The number of nitrogens with one attached hydrogen (secondary N) is 1. The van der Waals surface area contributed by atoms with Gasteiger partial charge in [-0.3, -0.25) is 14.3 Å². The second-order valence-corrected chi connectivity index (χ2v) is 3.97. The number of carboxylic acids is 1. The molecule has 0 fully saturated rings. The summed E-state index contributed by atoms with van der Waals surface area (Å²) in [5, 5.41) is 15.0. The normalized spacial score (nSPS) is 10.0. The number of aliphatic carboxylic acids is 1. The summed E-state index contributed by atoms with van der Waals surface area (Å²) in [6.07, 6.45) is 2.82. The Morgan fingerprint density at radius 2 is 2.05 bits per heavy atom. The molecule has 0 spiro atoms. The maximum atomic E-state index is 11.6. The number of rotatable bonds is 6. The topological polar surface area (TPSA) is 93.5 Å². The molecule has 7 nitrogen and oxygen atoms in total. The van der Waals surface area contributed by atoms with Crippen molar-refractivity contribution in [3.8, 4) is 5.75 Å². The SMILES string of the molecule is O=C(O)Cn1cc(NC(=O)COc2ccccc2)cn1. The Kier molecular flexibility index (Phi) is 4.33. The van der Waals surface area contributed by atoms with Gasteiger partial charge in [0, 0.05) is 6.20 Å². The number of carboxylic acid groups (broad SMARTS) is 1. The smallest absolute Gasteiger partial charge is 0.325 e. The minimum Gasteiger partial charge on any atom is -0.484 e. The zero-order valence-electron chi connectivity index (χ0n) is 10.5. The van der Waals surface area contributed by atoms with E-state index in [1.807, 2.05) is 18.2 Å². The fourth-order valence-electron chi connectivity index (χ4n) is 1.52. The summed E-state index contributed by atoms with van der Waals surface area (Å²) in [6, 6.07) is 8.96. The quantitative estimate of drug-likeness (QED) is 0.819. The summed E-state index contributed by atoms with van der Waals surface area (Å²) in [7, 11) is 0. The van der Waals surface area contributed by atoms with Crippen molar-refractivity contribution in [2.75, 3.05) is 11.9 Å². The standard InChI is InChI=1S/C13H13N3O4/c17-12(9-20-11-4-2-1-3-5-11)15-10-6-14-16(7-10)8-13(18)19/h1-7H,8-9H2,(H,15,17)(H,18,19). The lowest BCUT2D eigenvalue weighted by molar-refractivity contribution is -0.137. The van der Waals surface area contributed by atoms with E-state index in [0.29, 0.717) is 11.4 Å². The van der Waals surface area contributed by atoms with Crippen molar-refractivity contribution in [3.63, 3.8) is 0 Å². The van der Waals surface area contributed by atoms with Crippen LogP contribution in [0, 0.1) is 0 Å². The van der Waals surface area contributed by atoms with Gasteiger partial charge in [-0.1, -0.05) is 18.2 Å². The van der Waals surface area contributed by atoms with Crippen molar-refractivity contribution < 1.29 is 19.4 Å². The van der Waals surface area contributed by atoms with E-state index < -0.39 is 5.97 Å². The molecule has 1 heterocycles. The largest absolute Gasteiger partial charge is 0.484 e. The van der Waals surface area contributed by atoms with Crippen LogP contribution in [0.25, 0.3) is 0 Å². The number of hydrogen-bond donors (Lipinski definition) is 2. The third-order valence-corrected chi connectivity index (χ3v) is 2.33. The Morgan fingerprint density at radius 1 is 1.30 bits per heavy atom. The molecule has 104 valence electrons. The molecule has 0 saturated heterocycles. The van der Waals surface area contributed by atoms with Crippen LogP contribution in [0.4, 0.5) is 5.69 Å². The molecule has 20 heavy (non-hydrogen) atoms. The number of ether oxygens (including phenoxy) is 1. The molecule has 0 saturated carbocycles. The number of carbonyl (C=O) groups excluding carboxylic acids is 1. The van der Waals surface area contributed by atoms with Crippen LogP contribution in [-0.4, -0.2) is 33.4 Å². The molecule has 0 bridgehead atoms. The molecular formula is C13H13N3O4. The van der Waals surface area contributed by atoms with Crippen LogP contribution in [0.5, 0.6) is 5.75 Å². The highest BCUT2D eigenvalue weighted by atomic mass is 16.5. The van der Waals surface area contributed by atoms with E-state index in [9.17, 15) is 9.59 Å². The van der Waals surface area contributed by atoms with Gasteiger partial charge in [0.25, 0.3) is 5.91 Å². The maximum absolute atomic E-state index is 11.6. The van der Waals surface area contributed by atoms with E-state index >= 15 is 0 Å². The van der Waals surface area contributed by atoms with Crippen molar-refractivity contribution in [2.45, 2.75) is 6.54 Å². The summed E-state index contributed by atoms with van der Waals surface area (Å²) >= 11 is 0. The minimum absolute atomic E-state index is 0.131. The fourth-order valence-corrected chi connectivity index (χ4v) is 1.52. The third-order valence-electron chi connectivity index (χ3n) is 2.33. The molecule has 0 unspecified atom stereocenters. The van der Waals surface area contributed by atoms with Gasteiger partial charge in [-0.2, -0.15) is 5.10 Å². The first-order valence-corrected chi connectivity index (χ1v) is 5.85.